The Morgan fingerprint density at radius 1 is 1.47 bits per heavy atom. The van der Waals surface area contributed by atoms with E-state index in [0.717, 1.165) is 25.8 Å². The number of anilines is 1. The topological polar surface area (TPSA) is 54.0 Å². The zero-order chi connectivity index (χ0) is 13.9. The zero-order valence-corrected chi connectivity index (χ0v) is 12.2. The molecule has 104 valence electrons. The van der Waals surface area contributed by atoms with Crippen LogP contribution in [0.3, 0.4) is 0 Å². The molecule has 0 saturated heterocycles. The van der Waals surface area contributed by atoms with Gasteiger partial charge in [-0.25, -0.2) is 4.98 Å². The van der Waals surface area contributed by atoms with Gasteiger partial charge in [-0.3, -0.25) is 4.79 Å². The minimum absolute atomic E-state index is 0.0258. The molecule has 0 unspecified atom stereocenters. The van der Waals surface area contributed by atoms with E-state index in [9.17, 15) is 4.79 Å². The van der Waals surface area contributed by atoms with Crippen LogP contribution in [0, 0.1) is 0 Å². The Kier molecular flexibility index (Phi) is 4.30. The Hall–Kier alpha value is -1.29. The van der Waals surface area contributed by atoms with Crippen LogP contribution in [-0.2, 0) is 0 Å². The minimum Gasteiger partial charge on any atom is -0.370 e. The van der Waals surface area contributed by atoms with Gasteiger partial charge < -0.3 is 10.6 Å². The number of carbonyl (C=O) groups is 1. The van der Waals surface area contributed by atoms with E-state index >= 15 is 0 Å². The van der Waals surface area contributed by atoms with E-state index < -0.39 is 0 Å². The standard InChI is InChI=1S/C14H20ClN3O/c1-3-14(6-5-7-14)18-13(19)10-8-12(16-4-2)17-9-11(10)15/h8-9H,3-7H2,1-2H3,(H,16,17)(H,18,19). The number of aromatic nitrogens is 1. The molecular weight excluding hydrogens is 262 g/mol. The van der Waals surface area contributed by atoms with E-state index in [2.05, 4.69) is 22.5 Å². The molecule has 19 heavy (non-hydrogen) atoms. The van der Waals surface area contributed by atoms with Crippen molar-refractivity contribution in [2.45, 2.75) is 45.1 Å². The third-order valence-electron chi connectivity index (χ3n) is 3.82. The maximum atomic E-state index is 12.3. The third-order valence-corrected chi connectivity index (χ3v) is 4.13. The van der Waals surface area contributed by atoms with Crippen molar-refractivity contribution in [2.24, 2.45) is 0 Å². The molecule has 1 saturated carbocycles. The second-order valence-electron chi connectivity index (χ2n) is 5.02. The van der Waals surface area contributed by atoms with Crippen molar-refractivity contribution < 1.29 is 4.79 Å². The molecule has 2 rings (SSSR count). The molecule has 5 heteroatoms. The normalized spacial score (nSPS) is 16.6. The fraction of sp³-hybridized carbons (Fsp3) is 0.571. The van der Waals surface area contributed by atoms with Crippen LogP contribution in [0.25, 0.3) is 0 Å². The molecule has 1 aromatic rings. The first-order valence-corrected chi connectivity index (χ1v) is 7.20. The number of pyridine rings is 1. The van der Waals surface area contributed by atoms with Gasteiger partial charge in [-0.2, -0.15) is 0 Å². The van der Waals surface area contributed by atoms with E-state index in [-0.39, 0.29) is 11.4 Å². The van der Waals surface area contributed by atoms with Crippen molar-refractivity contribution in [1.29, 1.82) is 0 Å². The molecule has 2 N–H and O–H groups in total. The summed E-state index contributed by atoms with van der Waals surface area (Å²) < 4.78 is 0. The highest BCUT2D eigenvalue weighted by atomic mass is 35.5. The van der Waals surface area contributed by atoms with Crippen LogP contribution in [0.15, 0.2) is 12.3 Å². The number of rotatable bonds is 5. The van der Waals surface area contributed by atoms with E-state index in [1.807, 2.05) is 6.92 Å². The number of amides is 1. The van der Waals surface area contributed by atoms with Gasteiger partial charge in [0, 0.05) is 18.3 Å². The van der Waals surface area contributed by atoms with Gasteiger partial charge in [0.1, 0.15) is 5.82 Å². The summed E-state index contributed by atoms with van der Waals surface area (Å²) in [5.41, 5.74) is 0.467. The van der Waals surface area contributed by atoms with Crippen molar-refractivity contribution in [3.8, 4) is 0 Å². The lowest BCUT2D eigenvalue weighted by Crippen LogP contribution is -2.53. The summed E-state index contributed by atoms with van der Waals surface area (Å²) in [7, 11) is 0. The molecule has 0 aromatic carbocycles. The van der Waals surface area contributed by atoms with Crippen LogP contribution >= 0.6 is 11.6 Å². The van der Waals surface area contributed by atoms with Gasteiger partial charge in [0.25, 0.3) is 5.91 Å². The summed E-state index contributed by atoms with van der Waals surface area (Å²) in [5.74, 6) is 0.573. The van der Waals surface area contributed by atoms with Crippen LogP contribution in [0.1, 0.15) is 49.9 Å². The smallest absolute Gasteiger partial charge is 0.253 e. The van der Waals surface area contributed by atoms with Crippen molar-refractivity contribution in [3.05, 3.63) is 22.8 Å². The summed E-state index contributed by atoms with van der Waals surface area (Å²) in [5, 5.41) is 6.61. The maximum Gasteiger partial charge on any atom is 0.253 e. The van der Waals surface area contributed by atoms with E-state index in [1.54, 1.807) is 6.07 Å². The fourth-order valence-corrected chi connectivity index (χ4v) is 2.56. The van der Waals surface area contributed by atoms with E-state index in [0.29, 0.717) is 16.4 Å². The largest absolute Gasteiger partial charge is 0.370 e. The summed E-state index contributed by atoms with van der Waals surface area (Å²) in [4.78, 5) is 16.5. The van der Waals surface area contributed by atoms with Crippen molar-refractivity contribution in [3.63, 3.8) is 0 Å². The molecule has 0 radical (unpaired) electrons. The molecular formula is C14H20ClN3O. The van der Waals surface area contributed by atoms with Crippen molar-refractivity contribution in [1.82, 2.24) is 10.3 Å². The van der Waals surface area contributed by atoms with Crippen LogP contribution in [0.5, 0.6) is 0 Å². The van der Waals surface area contributed by atoms with Crippen LogP contribution in [0.4, 0.5) is 5.82 Å². The predicted octanol–water partition coefficient (Wildman–Crippen LogP) is 3.23. The average molecular weight is 282 g/mol. The molecule has 1 fully saturated rings. The highest BCUT2D eigenvalue weighted by Crippen LogP contribution is 2.35. The molecule has 1 aromatic heterocycles. The number of halogens is 1. The second kappa shape index (κ2) is 5.78. The minimum atomic E-state index is -0.104. The monoisotopic (exact) mass is 281 g/mol. The SMILES string of the molecule is CCNc1cc(C(=O)NC2(CC)CCC2)c(Cl)cn1. The van der Waals surface area contributed by atoms with E-state index in [1.165, 1.54) is 12.6 Å². The van der Waals surface area contributed by atoms with Gasteiger partial charge in [-0.05, 0) is 38.7 Å². The lowest BCUT2D eigenvalue weighted by Gasteiger charge is -2.42. The Labute approximate surface area is 118 Å². The second-order valence-corrected chi connectivity index (χ2v) is 5.43. The van der Waals surface area contributed by atoms with Crippen molar-refractivity contribution in [2.75, 3.05) is 11.9 Å². The van der Waals surface area contributed by atoms with E-state index in [4.69, 9.17) is 11.6 Å². The van der Waals surface area contributed by atoms with Crippen LogP contribution in [0.2, 0.25) is 5.02 Å². The lowest BCUT2D eigenvalue weighted by atomic mass is 9.74. The Morgan fingerprint density at radius 3 is 2.74 bits per heavy atom. The average Bonchev–Trinajstić information content (AvgIpc) is 2.36. The predicted molar refractivity (Wildman–Crippen MR) is 77.7 cm³/mol. The van der Waals surface area contributed by atoms with Crippen LogP contribution in [-0.4, -0.2) is 23.0 Å². The van der Waals surface area contributed by atoms with Crippen molar-refractivity contribution >= 4 is 23.3 Å². The first kappa shape index (κ1) is 14.1. The molecule has 0 aliphatic heterocycles. The number of carbonyl (C=O) groups excluding carboxylic acids is 1. The van der Waals surface area contributed by atoms with Crippen LogP contribution < -0.4 is 10.6 Å². The zero-order valence-electron chi connectivity index (χ0n) is 11.4. The maximum absolute atomic E-state index is 12.3. The first-order chi connectivity index (χ1) is 9.10. The highest BCUT2D eigenvalue weighted by molar-refractivity contribution is 6.33. The molecule has 1 heterocycles. The third kappa shape index (κ3) is 3.00. The molecule has 0 atom stereocenters. The fourth-order valence-electron chi connectivity index (χ4n) is 2.37. The number of hydrogen-bond acceptors (Lipinski definition) is 3. The summed E-state index contributed by atoms with van der Waals surface area (Å²) >= 11 is 6.07. The van der Waals surface area contributed by atoms with Gasteiger partial charge in [-0.1, -0.05) is 18.5 Å². The van der Waals surface area contributed by atoms with Gasteiger partial charge in [0.2, 0.25) is 0 Å². The quantitative estimate of drug-likeness (QED) is 0.871. The summed E-state index contributed by atoms with van der Waals surface area (Å²) in [6.07, 6.45) is 5.77. The lowest BCUT2D eigenvalue weighted by molar-refractivity contribution is 0.0820. The molecule has 1 amide bonds. The molecule has 1 aliphatic rings. The first-order valence-electron chi connectivity index (χ1n) is 6.82. The number of nitrogens with zero attached hydrogens (tertiary/aromatic N) is 1. The Bertz CT molecular complexity index is 466. The molecule has 1 aliphatic carbocycles. The van der Waals surface area contributed by atoms with Gasteiger partial charge in [0.05, 0.1) is 10.6 Å². The highest BCUT2D eigenvalue weighted by Gasteiger charge is 2.36. The Morgan fingerprint density at radius 2 is 2.21 bits per heavy atom. The number of nitrogens with one attached hydrogen (secondary N) is 2. The summed E-state index contributed by atoms with van der Waals surface area (Å²) in [6, 6.07) is 1.71. The van der Waals surface area contributed by atoms with Gasteiger partial charge in [0.15, 0.2) is 0 Å². The van der Waals surface area contributed by atoms with Gasteiger partial charge >= 0.3 is 0 Å². The van der Waals surface area contributed by atoms with Gasteiger partial charge in [-0.15, -0.1) is 0 Å². The molecule has 0 spiro atoms. The Balaban J connectivity index is 2.16. The molecule has 0 bridgehead atoms. The number of hydrogen-bond donors (Lipinski definition) is 2. The molecule has 4 nitrogen and oxygen atoms in total. The summed E-state index contributed by atoms with van der Waals surface area (Å²) in [6.45, 7) is 4.85.